The normalized spacial score (nSPS) is 17.8. The number of primary amides is 1. The van der Waals surface area contributed by atoms with Gasteiger partial charge in [-0.05, 0) is 31.4 Å². The number of methoxy groups -OCH3 is 1. The second-order valence-corrected chi connectivity index (χ2v) is 6.99. The van der Waals surface area contributed by atoms with Gasteiger partial charge in [0.25, 0.3) is 0 Å². The van der Waals surface area contributed by atoms with E-state index in [1.54, 1.807) is 0 Å². The van der Waals surface area contributed by atoms with E-state index < -0.39 is 29.9 Å². The Bertz CT molecular complexity index is 719. The van der Waals surface area contributed by atoms with Gasteiger partial charge < -0.3 is 26.4 Å². The Hall–Kier alpha value is -2.94. The van der Waals surface area contributed by atoms with Gasteiger partial charge in [0.05, 0.1) is 13.2 Å². The molecule has 0 spiro atoms. The van der Waals surface area contributed by atoms with Crippen molar-refractivity contribution in [3.63, 3.8) is 0 Å². The third-order valence-corrected chi connectivity index (χ3v) is 4.77. The lowest BCUT2D eigenvalue weighted by Crippen LogP contribution is -2.55. The molecule has 0 unspecified atom stereocenters. The summed E-state index contributed by atoms with van der Waals surface area (Å²) in [5, 5.41) is 8.46. The molecule has 0 bridgehead atoms. The summed E-state index contributed by atoms with van der Waals surface area (Å²) in [6, 6.07) is 7.00. The Morgan fingerprint density at radius 3 is 2.48 bits per heavy atom. The van der Waals surface area contributed by atoms with Crippen molar-refractivity contribution < 1.29 is 23.9 Å². The molecule has 0 saturated carbocycles. The van der Waals surface area contributed by atoms with Crippen LogP contribution in [0.4, 0.5) is 0 Å². The number of hydrogen-bond donors (Lipinski definition) is 4. The second kappa shape index (κ2) is 11.2. The lowest BCUT2D eigenvalue weighted by molar-refractivity contribution is -0.145. The molecule has 2 rings (SSSR count). The van der Waals surface area contributed by atoms with Crippen LogP contribution in [0.2, 0.25) is 0 Å². The molecule has 5 N–H and O–H groups in total. The van der Waals surface area contributed by atoms with Crippen molar-refractivity contribution in [1.82, 2.24) is 16.0 Å². The zero-order valence-corrected chi connectivity index (χ0v) is 16.5. The molecule has 0 aromatic heterocycles. The highest BCUT2D eigenvalue weighted by atomic mass is 16.5. The van der Waals surface area contributed by atoms with Crippen molar-refractivity contribution in [1.29, 1.82) is 0 Å². The summed E-state index contributed by atoms with van der Waals surface area (Å²) in [6.07, 6.45) is 1.79. The number of carbonyl (C=O) groups excluding carboxylic acids is 4. The summed E-state index contributed by atoms with van der Waals surface area (Å²) in [7, 11) is 1.20. The van der Waals surface area contributed by atoms with Crippen molar-refractivity contribution >= 4 is 23.7 Å². The van der Waals surface area contributed by atoms with E-state index in [4.69, 9.17) is 10.5 Å². The van der Waals surface area contributed by atoms with E-state index in [0.717, 1.165) is 18.5 Å². The maximum absolute atomic E-state index is 12.9. The number of amides is 3. The maximum atomic E-state index is 12.9. The van der Waals surface area contributed by atoms with E-state index in [-0.39, 0.29) is 31.2 Å². The van der Waals surface area contributed by atoms with Gasteiger partial charge in [-0.2, -0.15) is 0 Å². The molecular weight excluding hydrogens is 376 g/mol. The van der Waals surface area contributed by atoms with Crippen LogP contribution in [-0.2, 0) is 30.3 Å². The Kier molecular flexibility index (Phi) is 8.60. The van der Waals surface area contributed by atoms with Crippen molar-refractivity contribution in [3.05, 3.63) is 35.9 Å². The van der Waals surface area contributed by atoms with E-state index in [1.165, 1.54) is 7.11 Å². The standard InChI is InChI=1S/C20H28N4O5/c1-29-20(28)15(9-10-17(21)25)23-19(27)16(12-13-6-3-2-4-7-13)24-18(26)14-8-5-11-22-14/h2-4,6-7,14-16,22H,5,8-12H2,1H3,(H2,21,25)(H,23,27)(H,24,26)/t14-,15-,16-/m0/s1. The molecule has 1 aromatic rings. The van der Waals surface area contributed by atoms with Crippen LogP contribution in [0, 0.1) is 0 Å². The largest absolute Gasteiger partial charge is 0.467 e. The zero-order valence-electron chi connectivity index (χ0n) is 16.5. The monoisotopic (exact) mass is 404 g/mol. The highest BCUT2D eigenvalue weighted by molar-refractivity contribution is 5.92. The molecule has 1 fully saturated rings. The van der Waals surface area contributed by atoms with Gasteiger partial charge in [-0.1, -0.05) is 30.3 Å². The summed E-state index contributed by atoms with van der Waals surface area (Å²) in [4.78, 5) is 48.5. The minimum absolute atomic E-state index is 0.0178. The van der Waals surface area contributed by atoms with Gasteiger partial charge >= 0.3 is 5.97 Å². The summed E-state index contributed by atoms with van der Waals surface area (Å²) in [5.41, 5.74) is 6.00. The van der Waals surface area contributed by atoms with Crippen LogP contribution < -0.4 is 21.7 Å². The van der Waals surface area contributed by atoms with E-state index >= 15 is 0 Å². The van der Waals surface area contributed by atoms with Crippen LogP contribution in [0.1, 0.15) is 31.2 Å². The van der Waals surface area contributed by atoms with E-state index in [1.807, 2.05) is 30.3 Å². The van der Waals surface area contributed by atoms with Crippen LogP contribution in [0.25, 0.3) is 0 Å². The number of benzene rings is 1. The molecule has 1 aliphatic heterocycles. The Labute approximate surface area is 169 Å². The first kappa shape index (κ1) is 22.4. The second-order valence-electron chi connectivity index (χ2n) is 6.99. The van der Waals surface area contributed by atoms with Gasteiger partial charge in [0.1, 0.15) is 12.1 Å². The fraction of sp³-hybridized carbons (Fsp3) is 0.500. The smallest absolute Gasteiger partial charge is 0.328 e. The number of rotatable bonds is 10. The highest BCUT2D eigenvalue weighted by Crippen LogP contribution is 2.09. The molecule has 3 amide bonds. The first-order chi connectivity index (χ1) is 13.9. The number of nitrogens with one attached hydrogen (secondary N) is 3. The molecule has 3 atom stereocenters. The minimum Gasteiger partial charge on any atom is -0.467 e. The van der Waals surface area contributed by atoms with Gasteiger partial charge in [0, 0.05) is 12.8 Å². The quantitative estimate of drug-likeness (QED) is 0.384. The van der Waals surface area contributed by atoms with E-state index in [2.05, 4.69) is 16.0 Å². The molecule has 9 nitrogen and oxygen atoms in total. The van der Waals surface area contributed by atoms with Crippen LogP contribution >= 0.6 is 0 Å². The van der Waals surface area contributed by atoms with Gasteiger partial charge in [0.2, 0.25) is 17.7 Å². The molecule has 1 saturated heterocycles. The topological polar surface area (TPSA) is 140 Å². The molecule has 158 valence electrons. The Morgan fingerprint density at radius 1 is 1.17 bits per heavy atom. The molecule has 9 heteroatoms. The van der Waals surface area contributed by atoms with E-state index in [0.29, 0.717) is 6.42 Å². The molecule has 1 heterocycles. The van der Waals surface area contributed by atoms with Gasteiger partial charge in [-0.3, -0.25) is 14.4 Å². The maximum Gasteiger partial charge on any atom is 0.328 e. The predicted octanol–water partition coefficient (Wildman–Crippen LogP) is -0.611. The Balaban J connectivity index is 2.11. The molecule has 1 aromatic carbocycles. The summed E-state index contributed by atoms with van der Waals surface area (Å²) in [6.45, 7) is 0.755. The van der Waals surface area contributed by atoms with Gasteiger partial charge in [0.15, 0.2) is 0 Å². The average molecular weight is 404 g/mol. The Morgan fingerprint density at radius 2 is 1.90 bits per heavy atom. The first-order valence-corrected chi connectivity index (χ1v) is 9.65. The number of nitrogens with two attached hydrogens (primary N) is 1. The molecular formula is C20H28N4O5. The van der Waals surface area contributed by atoms with Gasteiger partial charge in [-0.25, -0.2) is 4.79 Å². The van der Waals surface area contributed by atoms with Crippen molar-refractivity contribution in [2.45, 2.75) is 50.2 Å². The summed E-state index contributed by atoms with van der Waals surface area (Å²) >= 11 is 0. The van der Waals surface area contributed by atoms with Crippen molar-refractivity contribution in [3.8, 4) is 0 Å². The SMILES string of the molecule is COC(=O)[C@H](CCC(N)=O)NC(=O)[C@H](Cc1ccccc1)NC(=O)[C@@H]1CCCN1. The summed E-state index contributed by atoms with van der Waals surface area (Å²) in [5.74, 6) is -2.05. The van der Waals surface area contributed by atoms with E-state index in [9.17, 15) is 19.2 Å². The van der Waals surface area contributed by atoms with Gasteiger partial charge in [-0.15, -0.1) is 0 Å². The highest BCUT2D eigenvalue weighted by Gasteiger charge is 2.30. The number of esters is 1. The molecule has 1 aliphatic rings. The molecule has 29 heavy (non-hydrogen) atoms. The third kappa shape index (κ3) is 7.19. The third-order valence-electron chi connectivity index (χ3n) is 4.77. The fourth-order valence-electron chi connectivity index (χ4n) is 3.19. The zero-order chi connectivity index (χ0) is 21.2. The molecule has 0 aliphatic carbocycles. The first-order valence-electron chi connectivity index (χ1n) is 9.65. The minimum atomic E-state index is -1.03. The summed E-state index contributed by atoms with van der Waals surface area (Å²) < 4.78 is 4.70. The fourth-order valence-corrected chi connectivity index (χ4v) is 3.19. The number of ether oxygens (including phenoxy) is 1. The van der Waals surface area contributed by atoms with Crippen LogP contribution in [-0.4, -0.2) is 55.5 Å². The number of hydrogen-bond acceptors (Lipinski definition) is 6. The molecule has 0 radical (unpaired) electrons. The lowest BCUT2D eigenvalue weighted by Gasteiger charge is -2.23. The number of carbonyl (C=O) groups is 4. The van der Waals surface area contributed by atoms with Crippen LogP contribution in [0.15, 0.2) is 30.3 Å². The predicted molar refractivity (Wildman–Crippen MR) is 105 cm³/mol. The van der Waals surface area contributed by atoms with Crippen molar-refractivity contribution in [2.24, 2.45) is 5.73 Å². The average Bonchev–Trinajstić information content (AvgIpc) is 3.25. The van der Waals surface area contributed by atoms with Crippen molar-refractivity contribution in [2.75, 3.05) is 13.7 Å². The van der Waals surface area contributed by atoms with Crippen LogP contribution in [0.5, 0.6) is 0 Å². The lowest BCUT2D eigenvalue weighted by atomic mass is 10.0. The van der Waals surface area contributed by atoms with Crippen LogP contribution in [0.3, 0.4) is 0 Å².